The maximum atomic E-state index is 13.2. The molecule has 3 rings (SSSR count). The third-order valence-corrected chi connectivity index (χ3v) is 4.85. The molecule has 0 atom stereocenters. The highest BCUT2D eigenvalue weighted by Gasteiger charge is 2.17. The lowest BCUT2D eigenvalue weighted by molar-refractivity contribution is 0.340. The Kier molecular flexibility index (Phi) is 5.24. The average Bonchev–Trinajstić information content (AvgIpc) is 3.10. The third kappa shape index (κ3) is 4.03. The van der Waals surface area contributed by atoms with Crippen molar-refractivity contribution in [1.29, 1.82) is 0 Å². The number of halogens is 1. The molecule has 0 aliphatic heterocycles. The van der Waals surface area contributed by atoms with Crippen LogP contribution in [0.4, 0.5) is 4.39 Å². The predicted molar refractivity (Wildman–Crippen MR) is 90.7 cm³/mol. The highest BCUT2D eigenvalue weighted by molar-refractivity contribution is 7.89. The monoisotopic (exact) mass is 377 g/mol. The lowest BCUT2D eigenvalue weighted by Gasteiger charge is -2.08. The summed E-state index contributed by atoms with van der Waals surface area (Å²) in [5.41, 5.74) is 0.651. The van der Waals surface area contributed by atoms with Crippen LogP contribution in [0.15, 0.2) is 53.4 Å². The molecule has 0 saturated heterocycles. The molecule has 1 aromatic heterocycles. The molecule has 2 aromatic carbocycles. The standard InChI is InChI=1S/C16H16FN5O3S/c1-2-25-14-8-6-13(7-9-14)22-16(19-20-21-22)11-18-26(23,24)15-5-3-4-12(17)10-15/h3-10,18H,2,11H2,1H3. The Balaban J connectivity index is 1.77. The molecule has 0 bridgehead atoms. The first kappa shape index (κ1) is 18.0. The fraction of sp³-hybridized carbons (Fsp3) is 0.188. The molecular weight excluding hydrogens is 361 g/mol. The van der Waals surface area contributed by atoms with Gasteiger partial charge in [-0.05, 0) is 59.8 Å². The lowest BCUT2D eigenvalue weighted by Crippen LogP contribution is -2.25. The Hall–Kier alpha value is -2.85. The van der Waals surface area contributed by atoms with Gasteiger partial charge in [0.05, 0.1) is 23.7 Å². The highest BCUT2D eigenvalue weighted by atomic mass is 32.2. The molecule has 0 fully saturated rings. The van der Waals surface area contributed by atoms with E-state index in [0.717, 1.165) is 6.07 Å². The van der Waals surface area contributed by atoms with Crippen molar-refractivity contribution >= 4 is 10.0 Å². The van der Waals surface area contributed by atoms with E-state index in [2.05, 4.69) is 20.2 Å². The van der Waals surface area contributed by atoms with Crippen LogP contribution in [0.2, 0.25) is 0 Å². The molecule has 0 unspecified atom stereocenters. The summed E-state index contributed by atoms with van der Waals surface area (Å²) in [5, 5.41) is 11.3. The Bertz CT molecular complexity index is 989. The summed E-state index contributed by atoms with van der Waals surface area (Å²) < 4.78 is 46.9. The zero-order chi connectivity index (χ0) is 18.6. The Morgan fingerprint density at radius 3 is 2.65 bits per heavy atom. The van der Waals surface area contributed by atoms with Gasteiger partial charge in [0.15, 0.2) is 5.82 Å². The van der Waals surface area contributed by atoms with Gasteiger partial charge in [0.25, 0.3) is 0 Å². The molecule has 0 amide bonds. The fourth-order valence-corrected chi connectivity index (χ4v) is 3.26. The number of tetrazole rings is 1. The first-order valence-corrected chi connectivity index (χ1v) is 9.23. The number of benzene rings is 2. The quantitative estimate of drug-likeness (QED) is 0.673. The number of hydrogen-bond acceptors (Lipinski definition) is 6. The summed E-state index contributed by atoms with van der Waals surface area (Å²) in [6.07, 6.45) is 0. The van der Waals surface area contributed by atoms with Crippen LogP contribution in [0.1, 0.15) is 12.7 Å². The molecule has 0 spiro atoms. The molecule has 3 aromatic rings. The SMILES string of the molecule is CCOc1ccc(-n2nnnc2CNS(=O)(=O)c2cccc(F)c2)cc1. The van der Waals surface area contributed by atoms with Gasteiger partial charge < -0.3 is 4.74 Å². The number of aromatic nitrogens is 4. The van der Waals surface area contributed by atoms with E-state index in [4.69, 9.17) is 4.74 Å². The molecule has 1 N–H and O–H groups in total. The van der Waals surface area contributed by atoms with Gasteiger partial charge in [-0.2, -0.15) is 4.68 Å². The van der Waals surface area contributed by atoms with Crippen LogP contribution in [0.25, 0.3) is 5.69 Å². The Labute approximate surface area is 149 Å². The largest absolute Gasteiger partial charge is 0.494 e. The zero-order valence-electron chi connectivity index (χ0n) is 13.8. The second kappa shape index (κ2) is 7.58. The van der Waals surface area contributed by atoms with Crippen LogP contribution in [-0.4, -0.2) is 35.2 Å². The number of ether oxygens (including phenoxy) is 1. The van der Waals surface area contributed by atoms with Gasteiger partial charge in [0, 0.05) is 0 Å². The molecule has 136 valence electrons. The minimum absolute atomic E-state index is 0.154. The summed E-state index contributed by atoms with van der Waals surface area (Å²) in [7, 11) is -3.89. The van der Waals surface area contributed by atoms with Crippen molar-refractivity contribution in [3.8, 4) is 11.4 Å². The van der Waals surface area contributed by atoms with Crippen molar-refractivity contribution in [2.45, 2.75) is 18.4 Å². The van der Waals surface area contributed by atoms with Crippen molar-refractivity contribution in [2.24, 2.45) is 0 Å². The van der Waals surface area contributed by atoms with Crippen LogP contribution in [0.3, 0.4) is 0 Å². The second-order valence-corrected chi connectivity index (χ2v) is 6.98. The van der Waals surface area contributed by atoms with Crippen LogP contribution in [0, 0.1) is 5.82 Å². The van der Waals surface area contributed by atoms with Gasteiger partial charge in [0.2, 0.25) is 10.0 Å². The first-order valence-electron chi connectivity index (χ1n) is 7.75. The van der Waals surface area contributed by atoms with Gasteiger partial charge in [0.1, 0.15) is 11.6 Å². The van der Waals surface area contributed by atoms with Gasteiger partial charge >= 0.3 is 0 Å². The van der Waals surface area contributed by atoms with E-state index in [1.54, 1.807) is 24.3 Å². The minimum atomic E-state index is -3.89. The number of nitrogens with one attached hydrogen (secondary N) is 1. The minimum Gasteiger partial charge on any atom is -0.494 e. The Morgan fingerprint density at radius 1 is 1.19 bits per heavy atom. The molecule has 0 aliphatic rings. The van der Waals surface area contributed by atoms with E-state index < -0.39 is 15.8 Å². The van der Waals surface area contributed by atoms with E-state index in [9.17, 15) is 12.8 Å². The summed E-state index contributed by atoms with van der Waals surface area (Å²) in [5.74, 6) is 0.360. The second-order valence-electron chi connectivity index (χ2n) is 5.22. The highest BCUT2D eigenvalue weighted by Crippen LogP contribution is 2.16. The van der Waals surface area contributed by atoms with E-state index in [1.807, 2.05) is 6.92 Å². The van der Waals surface area contributed by atoms with Crippen LogP contribution < -0.4 is 9.46 Å². The van der Waals surface area contributed by atoms with Gasteiger partial charge in [-0.3, -0.25) is 0 Å². The summed E-state index contributed by atoms with van der Waals surface area (Å²) >= 11 is 0. The first-order chi connectivity index (χ1) is 12.5. The maximum absolute atomic E-state index is 13.2. The van der Waals surface area contributed by atoms with Crippen LogP contribution >= 0.6 is 0 Å². The zero-order valence-corrected chi connectivity index (χ0v) is 14.6. The van der Waals surface area contributed by atoms with Crippen LogP contribution in [0.5, 0.6) is 5.75 Å². The molecule has 0 aliphatic carbocycles. The third-order valence-electron chi connectivity index (χ3n) is 3.45. The topological polar surface area (TPSA) is 99.0 Å². The lowest BCUT2D eigenvalue weighted by atomic mass is 10.3. The van der Waals surface area contributed by atoms with Gasteiger partial charge in [-0.1, -0.05) is 6.07 Å². The van der Waals surface area contributed by atoms with Crippen molar-refractivity contribution in [3.63, 3.8) is 0 Å². The molecule has 8 nitrogen and oxygen atoms in total. The maximum Gasteiger partial charge on any atom is 0.241 e. The van der Waals surface area contributed by atoms with Gasteiger partial charge in [-0.15, -0.1) is 5.10 Å². The van der Waals surface area contributed by atoms with Crippen molar-refractivity contribution < 1.29 is 17.5 Å². The van der Waals surface area contributed by atoms with E-state index in [1.165, 1.54) is 22.9 Å². The number of hydrogen-bond donors (Lipinski definition) is 1. The fourth-order valence-electron chi connectivity index (χ4n) is 2.24. The summed E-state index contributed by atoms with van der Waals surface area (Å²) in [4.78, 5) is -0.169. The van der Waals surface area contributed by atoms with E-state index in [0.29, 0.717) is 18.0 Å². The molecule has 26 heavy (non-hydrogen) atoms. The smallest absolute Gasteiger partial charge is 0.241 e. The number of sulfonamides is 1. The summed E-state index contributed by atoms with van der Waals surface area (Å²) in [6, 6.07) is 11.8. The number of rotatable bonds is 7. The van der Waals surface area contributed by atoms with Crippen molar-refractivity contribution in [1.82, 2.24) is 24.9 Å². The van der Waals surface area contributed by atoms with E-state index in [-0.39, 0.29) is 17.3 Å². The normalized spacial score (nSPS) is 11.5. The molecular formula is C16H16FN5O3S. The van der Waals surface area contributed by atoms with E-state index >= 15 is 0 Å². The van der Waals surface area contributed by atoms with Gasteiger partial charge in [-0.25, -0.2) is 17.5 Å². The predicted octanol–water partition coefficient (Wildman–Crippen LogP) is 1.68. The van der Waals surface area contributed by atoms with Crippen molar-refractivity contribution in [2.75, 3.05) is 6.61 Å². The molecule has 0 radical (unpaired) electrons. The molecule has 10 heteroatoms. The number of nitrogens with zero attached hydrogens (tertiary/aromatic N) is 4. The molecule has 1 heterocycles. The van der Waals surface area contributed by atoms with Crippen LogP contribution in [-0.2, 0) is 16.6 Å². The van der Waals surface area contributed by atoms with Crippen molar-refractivity contribution in [3.05, 3.63) is 60.2 Å². The summed E-state index contributed by atoms with van der Waals surface area (Å²) in [6.45, 7) is 2.29. The average molecular weight is 377 g/mol. The molecule has 0 saturated carbocycles. The Morgan fingerprint density at radius 2 is 1.96 bits per heavy atom.